The van der Waals surface area contributed by atoms with Gasteiger partial charge in [-0.05, 0) is 37.1 Å². The molecule has 3 aromatic rings. The highest BCUT2D eigenvalue weighted by molar-refractivity contribution is 5.98. The van der Waals surface area contributed by atoms with Crippen LogP contribution in [-0.2, 0) is 4.79 Å². The lowest BCUT2D eigenvalue weighted by atomic mass is 9.93. The highest BCUT2D eigenvalue weighted by Gasteiger charge is 2.41. The minimum absolute atomic E-state index is 0.247. The van der Waals surface area contributed by atoms with Crippen molar-refractivity contribution in [3.63, 3.8) is 0 Å². The van der Waals surface area contributed by atoms with Crippen molar-refractivity contribution in [2.75, 3.05) is 6.54 Å². The zero-order valence-electron chi connectivity index (χ0n) is 14.6. The maximum Gasteiger partial charge on any atom is 0.255 e. The Morgan fingerprint density at radius 1 is 1.30 bits per heavy atom. The highest BCUT2D eigenvalue weighted by atomic mass is 19.1. The summed E-state index contributed by atoms with van der Waals surface area (Å²) in [7, 11) is 0. The molecule has 0 bridgehead atoms. The maximum atomic E-state index is 13.3. The van der Waals surface area contributed by atoms with E-state index >= 15 is 0 Å². The molecule has 3 N–H and O–H groups in total. The van der Waals surface area contributed by atoms with Crippen LogP contribution in [0.3, 0.4) is 0 Å². The van der Waals surface area contributed by atoms with Crippen LogP contribution in [-0.4, -0.2) is 38.4 Å². The molecule has 8 heteroatoms. The van der Waals surface area contributed by atoms with Gasteiger partial charge in [0, 0.05) is 23.8 Å². The van der Waals surface area contributed by atoms with Gasteiger partial charge < -0.3 is 10.6 Å². The highest BCUT2D eigenvalue weighted by Crippen LogP contribution is 2.38. The molecule has 1 aliphatic heterocycles. The van der Waals surface area contributed by atoms with Gasteiger partial charge in [-0.3, -0.25) is 14.7 Å². The molecule has 0 spiro atoms. The molecule has 2 amide bonds. The van der Waals surface area contributed by atoms with E-state index in [1.165, 1.54) is 18.3 Å². The summed E-state index contributed by atoms with van der Waals surface area (Å²) in [6, 6.07) is 7.01. The number of nitrogens with zero attached hydrogens (tertiary/aromatic N) is 3. The number of aryl methyl sites for hydroxylation is 1. The number of amides is 2. The second-order valence-corrected chi connectivity index (χ2v) is 6.74. The molecule has 2 atom stereocenters. The number of fused-ring (bicyclic) bond motifs is 1. The number of hydrogen-bond acceptors (Lipinski definition) is 4. The van der Waals surface area contributed by atoms with Crippen LogP contribution in [0, 0.1) is 18.7 Å². The SMILES string of the molecule is Cc1[nH]nc2ncc(C(=O)N3CC[C@@H](C(N)=O)[C@H]3c3ccc(F)cc3)cc12. The second-order valence-electron chi connectivity index (χ2n) is 6.74. The Labute approximate surface area is 154 Å². The van der Waals surface area contributed by atoms with Gasteiger partial charge in [-0.2, -0.15) is 5.10 Å². The van der Waals surface area contributed by atoms with Crippen LogP contribution in [0.1, 0.15) is 34.1 Å². The van der Waals surface area contributed by atoms with Crippen molar-refractivity contribution in [3.05, 3.63) is 59.2 Å². The molecule has 0 saturated carbocycles. The average Bonchev–Trinajstić information content (AvgIpc) is 3.26. The summed E-state index contributed by atoms with van der Waals surface area (Å²) < 4.78 is 13.3. The summed E-state index contributed by atoms with van der Waals surface area (Å²) in [5.74, 6) is -1.62. The number of aromatic nitrogens is 3. The lowest BCUT2D eigenvalue weighted by Gasteiger charge is -2.27. The van der Waals surface area contributed by atoms with Gasteiger partial charge in [0.15, 0.2) is 5.65 Å². The van der Waals surface area contributed by atoms with Gasteiger partial charge in [-0.15, -0.1) is 0 Å². The Morgan fingerprint density at radius 2 is 2.04 bits per heavy atom. The second kappa shape index (κ2) is 6.46. The first kappa shape index (κ1) is 17.1. The summed E-state index contributed by atoms with van der Waals surface area (Å²) in [4.78, 5) is 30.9. The third kappa shape index (κ3) is 2.92. The summed E-state index contributed by atoms with van der Waals surface area (Å²) in [6.45, 7) is 2.24. The lowest BCUT2D eigenvalue weighted by Crippen LogP contribution is -2.35. The molecular formula is C19H18FN5O2. The van der Waals surface area contributed by atoms with Crippen LogP contribution in [0.4, 0.5) is 4.39 Å². The Balaban J connectivity index is 1.72. The van der Waals surface area contributed by atoms with E-state index in [9.17, 15) is 14.0 Å². The molecule has 1 aliphatic rings. The van der Waals surface area contributed by atoms with Crippen LogP contribution in [0.15, 0.2) is 36.5 Å². The average molecular weight is 367 g/mol. The van der Waals surface area contributed by atoms with E-state index in [4.69, 9.17) is 5.73 Å². The van der Waals surface area contributed by atoms with E-state index in [1.807, 2.05) is 6.92 Å². The Kier molecular flexibility index (Phi) is 4.10. The number of benzene rings is 1. The number of nitrogens with two attached hydrogens (primary N) is 1. The molecule has 0 aliphatic carbocycles. The van der Waals surface area contributed by atoms with Crippen LogP contribution in [0.2, 0.25) is 0 Å². The summed E-state index contributed by atoms with van der Waals surface area (Å²) in [6.07, 6.45) is 1.94. The van der Waals surface area contributed by atoms with E-state index in [0.29, 0.717) is 29.7 Å². The van der Waals surface area contributed by atoms with Gasteiger partial charge in [0.1, 0.15) is 5.82 Å². The Bertz CT molecular complexity index is 1030. The van der Waals surface area contributed by atoms with Crippen molar-refractivity contribution in [2.45, 2.75) is 19.4 Å². The van der Waals surface area contributed by atoms with Crippen LogP contribution in [0.5, 0.6) is 0 Å². The monoisotopic (exact) mass is 367 g/mol. The van der Waals surface area contributed by atoms with E-state index in [1.54, 1.807) is 23.1 Å². The number of nitrogens with one attached hydrogen (secondary N) is 1. The van der Waals surface area contributed by atoms with E-state index < -0.39 is 17.9 Å². The molecule has 1 fully saturated rings. The Morgan fingerprint density at radius 3 is 2.74 bits per heavy atom. The fraction of sp³-hybridized carbons (Fsp3) is 0.263. The predicted octanol–water partition coefficient (Wildman–Crippen LogP) is 2.09. The molecule has 4 rings (SSSR count). The largest absolute Gasteiger partial charge is 0.369 e. The standard InChI is InChI=1S/C19H18FN5O2/c1-10-15-8-12(9-22-18(15)24-23-10)19(27)25-7-6-14(17(21)26)16(25)11-2-4-13(20)5-3-11/h2-5,8-9,14,16H,6-7H2,1H3,(H2,21,26)(H,22,23,24)/t14-,16-/m1/s1. The first-order valence-electron chi connectivity index (χ1n) is 8.62. The smallest absolute Gasteiger partial charge is 0.255 e. The van der Waals surface area contributed by atoms with E-state index in [2.05, 4.69) is 15.2 Å². The molecule has 0 radical (unpaired) electrons. The minimum atomic E-state index is -0.531. The van der Waals surface area contributed by atoms with Crippen LogP contribution < -0.4 is 5.73 Å². The van der Waals surface area contributed by atoms with E-state index in [-0.39, 0.29) is 11.7 Å². The number of carbonyl (C=O) groups is 2. The summed E-state index contributed by atoms with van der Waals surface area (Å²) in [5, 5.41) is 7.67. The fourth-order valence-electron chi connectivity index (χ4n) is 3.69. The molecule has 3 heterocycles. The summed E-state index contributed by atoms with van der Waals surface area (Å²) in [5.41, 5.74) is 8.00. The molecule has 27 heavy (non-hydrogen) atoms. The fourth-order valence-corrected chi connectivity index (χ4v) is 3.69. The third-order valence-corrected chi connectivity index (χ3v) is 5.08. The molecule has 1 saturated heterocycles. The molecule has 2 aromatic heterocycles. The van der Waals surface area contributed by atoms with Crippen molar-refractivity contribution in [2.24, 2.45) is 11.7 Å². The summed E-state index contributed by atoms with van der Waals surface area (Å²) >= 11 is 0. The third-order valence-electron chi connectivity index (χ3n) is 5.08. The number of pyridine rings is 1. The number of aromatic amines is 1. The number of H-pyrrole nitrogens is 1. The normalized spacial score (nSPS) is 19.6. The number of likely N-dealkylation sites (tertiary alicyclic amines) is 1. The van der Waals surface area contributed by atoms with Crippen LogP contribution >= 0.6 is 0 Å². The van der Waals surface area contributed by atoms with Crippen molar-refractivity contribution < 1.29 is 14.0 Å². The Hall–Kier alpha value is -3.29. The van der Waals surface area contributed by atoms with Crippen LogP contribution in [0.25, 0.3) is 11.0 Å². The van der Waals surface area contributed by atoms with Gasteiger partial charge in [-0.25, -0.2) is 9.37 Å². The first-order valence-corrected chi connectivity index (χ1v) is 8.62. The van der Waals surface area contributed by atoms with Crippen molar-refractivity contribution in [1.29, 1.82) is 0 Å². The first-order chi connectivity index (χ1) is 13.0. The minimum Gasteiger partial charge on any atom is -0.369 e. The topological polar surface area (TPSA) is 105 Å². The molecule has 138 valence electrons. The molecule has 0 unspecified atom stereocenters. The zero-order chi connectivity index (χ0) is 19.1. The quantitative estimate of drug-likeness (QED) is 0.739. The van der Waals surface area contributed by atoms with Gasteiger partial charge >= 0.3 is 0 Å². The molecular weight excluding hydrogens is 349 g/mol. The van der Waals surface area contributed by atoms with E-state index in [0.717, 1.165) is 11.1 Å². The number of halogens is 1. The van der Waals surface area contributed by atoms with Gasteiger partial charge in [0.2, 0.25) is 5.91 Å². The predicted molar refractivity (Wildman–Crippen MR) is 96.1 cm³/mol. The van der Waals surface area contributed by atoms with Crippen molar-refractivity contribution in [1.82, 2.24) is 20.1 Å². The van der Waals surface area contributed by atoms with Gasteiger partial charge in [-0.1, -0.05) is 12.1 Å². The lowest BCUT2D eigenvalue weighted by molar-refractivity contribution is -0.122. The number of hydrogen-bond donors (Lipinski definition) is 2. The van der Waals surface area contributed by atoms with Gasteiger partial charge in [0.25, 0.3) is 5.91 Å². The zero-order valence-corrected chi connectivity index (χ0v) is 14.6. The maximum absolute atomic E-state index is 13.3. The molecule has 7 nitrogen and oxygen atoms in total. The van der Waals surface area contributed by atoms with Gasteiger partial charge in [0.05, 0.1) is 17.5 Å². The number of carbonyl (C=O) groups excluding carboxylic acids is 2. The van der Waals surface area contributed by atoms with Crippen molar-refractivity contribution >= 4 is 22.8 Å². The van der Waals surface area contributed by atoms with Crippen molar-refractivity contribution in [3.8, 4) is 0 Å². The number of rotatable bonds is 3. The molecule has 1 aromatic carbocycles. The number of primary amides is 1.